The molecule has 4 aromatic heterocycles. The van der Waals surface area contributed by atoms with Crippen molar-refractivity contribution in [1.82, 2.24) is 29.9 Å². The Labute approximate surface area is 184 Å². The average molecular weight is 433 g/mol. The monoisotopic (exact) mass is 433 g/mol. The van der Waals surface area contributed by atoms with E-state index in [1.165, 1.54) is 0 Å². The van der Waals surface area contributed by atoms with Crippen LogP contribution in [0.5, 0.6) is 5.75 Å². The molecule has 0 atom stereocenters. The maximum absolute atomic E-state index is 12.2. The molecule has 0 spiro atoms. The van der Waals surface area contributed by atoms with Crippen molar-refractivity contribution in [2.75, 3.05) is 6.61 Å². The Morgan fingerprint density at radius 1 is 1.16 bits per heavy atom. The molecule has 0 aliphatic rings. The van der Waals surface area contributed by atoms with Gasteiger partial charge in [0.1, 0.15) is 29.4 Å². The summed E-state index contributed by atoms with van der Waals surface area (Å²) in [6.45, 7) is 3.46. The number of nitrogens with two attached hydrogens (primary N) is 1. The molecular formula is C22H23N7O3. The first-order valence-corrected chi connectivity index (χ1v) is 9.88. The molecule has 0 bridgehead atoms. The first-order chi connectivity index (χ1) is 15.2. The molecule has 10 heteroatoms. The average Bonchev–Trinajstić information content (AvgIpc) is 3.41. The molecule has 0 radical (unpaired) electrons. The second-order valence-electron chi connectivity index (χ2n) is 7.96. The van der Waals surface area contributed by atoms with Crippen molar-refractivity contribution in [1.29, 1.82) is 0 Å². The van der Waals surface area contributed by atoms with Crippen molar-refractivity contribution in [3.05, 3.63) is 54.6 Å². The minimum absolute atomic E-state index is 0.116. The standard InChI is InChI=1S/C22H23N7O3/c1-22(2,31)12-32-13-4-6-18(24-10-13)19-15(11-29(3)28-19)14-5-7-16(17-8-9-25-27-17)26-20(14)21(23)30/h4-11,31H,12H2,1-3H3,(H2,23,30)(H,25,27). The number of carbonyl (C=O) groups is 1. The number of aliphatic hydroxyl groups is 1. The third kappa shape index (κ3) is 4.49. The van der Waals surface area contributed by atoms with Gasteiger partial charge in [0, 0.05) is 30.6 Å². The predicted molar refractivity (Wildman–Crippen MR) is 118 cm³/mol. The predicted octanol–water partition coefficient (Wildman–Crippen LogP) is 2.18. The van der Waals surface area contributed by atoms with Gasteiger partial charge in [0.2, 0.25) is 0 Å². The van der Waals surface area contributed by atoms with E-state index in [2.05, 4.69) is 25.3 Å². The van der Waals surface area contributed by atoms with Crippen LogP contribution in [-0.4, -0.2) is 53.2 Å². The quantitative estimate of drug-likeness (QED) is 0.405. The lowest BCUT2D eigenvalue weighted by molar-refractivity contribution is 0.0284. The van der Waals surface area contributed by atoms with Crippen molar-refractivity contribution in [3.8, 4) is 39.7 Å². The van der Waals surface area contributed by atoms with E-state index in [-0.39, 0.29) is 12.3 Å². The summed E-state index contributed by atoms with van der Waals surface area (Å²) in [7, 11) is 1.78. The zero-order valence-corrected chi connectivity index (χ0v) is 17.9. The summed E-state index contributed by atoms with van der Waals surface area (Å²) in [5.41, 5.74) is 8.31. The van der Waals surface area contributed by atoms with Gasteiger partial charge in [-0.25, -0.2) is 4.98 Å². The molecule has 4 rings (SSSR count). The van der Waals surface area contributed by atoms with Crippen LogP contribution < -0.4 is 10.5 Å². The number of nitrogens with one attached hydrogen (secondary N) is 1. The first-order valence-electron chi connectivity index (χ1n) is 9.88. The minimum atomic E-state index is -0.951. The zero-order valence-electron chi connectivity index (χ0n) is 17.9. The molecule has 4 aromatic rings. The van der Waals surface area contributed by atoms with Gasteiger partial charge in [0.05, 0.1) is 23.2 Å². The molecule has 0 aromatic carbocycles. The summed E-state index contributed by atoms with van der Waals surface area (Å²) in [4.78, 5) is 21.1. The second kappa shape index (κ2) is 8.23. The van der Waals surface area contributed by atoms with Crippen molar-refractivity contribution < 1.29 is 14.6 Å². The number of hydrogen-bond donors (Lipinski definition) is 3. The highest BCUT2D eigenvalue weighted by Gasteiger charge is 2.21. The highest BCUT2D eigenvalue weighted by molar-refractivity contribution is 6.00. The lowest BCUT2D eigenvalue weighted by Crippen LogP contribution is -2.27. The van der Waals surface area contributed by atoms with Crippen LogP contribution in [0.3, 0.4) is 0 Å². The van der Waals surface area contributed by atoms with Crippen LogP contribution in [0.1, 0.15) is 24.3 Å². The molecule has 0 fully saturated rings. The molecule has 4 heterocycles. The molecule has 10 nitrogen and oxygen atoms in total. The Bertz CT molecular complexity index is 1240. The van der Waals surface area contributed by atoms with Crippen molar-refractivity contribution in [2.24, 2.45) is 12.8 Å². The second-order valence-corrected chi connectivity index (χ2v) is 7.96. The van der Waals surface area contributed by atoms with Crippen LogP contribution in [0, 0.1) is 0 Å². The number of aromatic nitrogens is 6. The fourth-order valence-electron chi connectivity index (χ4n) is 3.15. The van der Waals surface area contributed by atoms with Crippen LogP contribution in [0.25, 0.3) is 33.9 Å². The SMILES string of the molecule is Cn1cc(-c2ccc(-c3cc[nH]n3)nc2C(N)=O)c(-c2ccc(OCC(C)(C)O)cn2)n1. The Kier molecular flexibility index (Phi) is 5.45. The van der Waals surface area contributed by atoms with Crippen molar-refractivity contribution >= 4 is 5.91 Å². The van der Waals surface area contributed by atoms with Crippen LogP contribution >= 0.6 is 0 Å². The number of H-pyrrole nitrogens is 1. The fourth-order valence-corrected chi connectivity index (χ4v) is 3.15. The number of aryl methyl sites for hydroxylation is 1. The smallest absolute Gasteiger partial charge is 0.267 e. The molecule has 0 aliphatic carbocycles. The Balaban J connectivity index is 1.72. The number of ether oxygens (including phenoxy) is 1. The summed E-state index contributed by atoms with van der Waals surface area (Å²) in [5, 5.41) is 21.2. The zero-order chi connectivity index (χ0) is 22.9. The van der Waals surface area contributed by atoms with Gasteiger partial charge in [-0.3, -0.25) is 19.6 Å². The van der Waals surface area contributed by atoms with Gasteiger partial charge in [-0.2, -0.15) is 10.2 Å². The van der Waals surface area contributed by atoms with E-state index in [4.69, 9.17) is 10.5 Å². The summed E-state index contributed by atoms with van der Waals surface area (Å²) < 4.78 is 7.20. The van der Waals surface area contributed by atoms with E-state index in [1.807, 2.05) is 0 Å². The molecule has 0 aliphatic heterocycles. The van der Waals surface area contributed by atoms with Gasteiger partial charge in [0.15, 0.2) is 0 Å². The van der Waals surface area contributed by atoms with Crippen LogP contribution in [-0.2, 0) is 7.05 Å². The molecule has 32 heavy (non-hydrogen) atoms. The van der Waals surface area contributed by atoms with E-state index in [0.29, 0.717) is 39.7 Å². The van der Waals surface area contributed by atoms with Gasteiger partial charge >= 0.3 is 0 Å². The van der Waals surface area contributed by atoms with Crippen molar-refractivity contribution in [2.45, 2.75) is 19.4 Å². The number of hydrogen-bond acceptors (Lipinski definition) is 7. The summed E-state index contributed by atoms with van der Waals surface area (Å²) in [6, 6.07) is 8.82. The van der Waals surface area contributed by atoms with Gasteiger partial charge in [-0.1, -0.05) is 0 Å². The number of primary amides is 1. The molecule has 164 valence electrons. The summed E-state index contributed by atoms with van der Waals surface area (Å²) in [5.74, 6) is -0.133. The van der Waals surface area contributed by atoms with Gasteiger partial charge in [-0.05, 0) is 44.2 Å². The maximum atomic E-state index is 12.2. The number of amides is 1. The molecule has 0 saturated heterocycles. The van der Waals surface area contributed by atoms with E-state index in [1.54, 1.807) is 74.5 Å². The molecule has 0 saturated carbocycles. The maximum Gasteiger partial charge on any atom is 0.267 e. The van der Waals surface area contributed by atoms with Crippen LogP contribution in [0.15, 0.2) is 48.9 Å². The van der Waals surface area contributed by atoms with Crippen LogP contribution in [0.4, 0.5) is 0 Å². The Hall–Kier alpha value is -4.05. The molecule has 1 amide bonds. The normalized spacial score (nSPS) is 11.5. The van der Waals surface area contributed by atoms with E-state index in [9.17, 15) is 9.90 Å². The number of nitrogens with zero attached hydrogens (tertiary/aromatic N) is 5. The summed E-state index contributed by atoms with van der Waals surface area (Å²) in [6.07, 6.45) is 5.02. The molecule has 0 unspecified atom stereocenters. The number of aromatic amines is 1. The van der Waals surface area contributed by atoms with Crippen molar-refractivity contribution in [3.63, 3.8) is 0 Å². The lowest BCUT2D eigenvalue weighted by atomic mass is 10.0. The summed E-state index contributed by atoms with van der Waals surface area (Å²) >= 11 is 0. The number of pyridine rings is 2. The lowest BCUT2D eigenvalue weighted by Gasteiger charge is -2.17. The highest BCUT2D eigenvalue weighted by Crippen LogP contribution is 2.33. The van der Waals surface area contributed by atoms with E-state index >= 15 is 0 Å². The topological polar surface area (TPSA) is 145 Å². The highest BCUT2D eigenvalue weighted by atomic mass is 16.5. The Morgan fingerprint density at radius 3 is 2.56 bits per heavy atom. The van der Waals surface area contributed by atoms with Crippen LogP contribution in [0.2, 0.25) is 0 Å². The van der Waals surface area contributed by atoms with E-state index < -0.39 is 11.5 Å². The van der Waals surface area contributed by atoms with Gasteiger partial charge < -0.3 is 15.6 Å². The third-order valence-corrected chi connectivity index (χ3v) is 4.58. The van der Waals surface area contributed by atoms with E-state index in [0.717, 1.165) is 0 Å². The fraction of sp³-hybridized carbons (Fsp3) is 0.227. The Morgan fingerprint density at radius 2 is 1.94 bits per heavy atom. The number of carbonyl (C=O) groups excluding carboxylic acids is 1. The number of rotatable bonds is 7. The van der Waals surface area contributed by atoms with Gasteiger partial charge in [-0.15, -0.1) is 0 Å². The largest absolute Gasteiger partial charge is 0.489 e. The molecule has 4 N–H and O–H groups in total. The first kappa shape index (κ1) is 21.2. The van der Waals surface area contributed by atoms with Gasteiger partial charge in [0.25, 0.3) is 5.91 Å². The molecular weight excluding hydrogens is 410 g/mol. The minimum Gasteiger partial charge on any atom is -0.489 e. The third-order valence-electron chi connectivity index (χ3n) is 4.58.